The maximum atomic E-state index is 11.5. The van der Waals surface area contributed by atoms with Crippen molar-refractivity contribution in [3.05, 3.63) is 83.4 Å². The average Bonchev–Trinajstić information content (AvgIpc) is 3.10. The lowest BCUT2D eigenvalue weighted by Crippen LogP contribution is -1.99. The zero-order valence-electron chi connectivity index (χ0n) is 26.9. The number of aromatic carboxylic acids is 2. The van der Waals surface area contributed by atoms with Gasteiger partial charge in [-0.25, -0.2) is 9.59 Å². The van der Waals surface area contributed by atoms with Crippen LogP contribution in [0.15, 0.2) is 66.7 Å². The molecule has 0 saturated heterocycles. The van der Waals surface area contributed by atoms with Gasteiger partial charge in [-0.3, -0.25) is 0 Å². The first-order chi connectivity index (χ1) is 22.6. The summed E-state index contributed by atoms with van der Waals surface area (Å²) in [5.41, 5.74) is 3.69. The molecular weight excluding hydrogens is 608 g/mol. The van der Waals surface area contributed by atoms with E-state index >= 15 is 0 Å². The summed E-state index contributed by atoms with van der Waals surface area (Å²) in [6.07, 6.45) is 0.316. The topological polar surface area (TPSA) is 150 Å². The molecule has 0 atom stereocenters. The molecule has 4 rings (SSSR count). The van der Waals surface area contributed by atoms with Crippen LogP contribution in [0.5, 0.6) is 34.5 Å². The Bertz CT molecular complexity index is 1760. The van der Waals surface area contributed by atoms with Crippen LogP contribution < -0.4 is 28.4 Å². The second-order valence-corrected chi connectivity index (χ2v) is 9.56. The van der Waals surface area contributed by atoms with Crippen LogP contribution in [0.4, 0.5) is 0 Å². The number of aliphatic hydroxyl groups is 1. The van der Waals surface area contributed by atoms with Gasteiger partial charge in [0.25, 0.3) is 0 Å². The Morgan fingerprint density at radius 1 is 0.596 bits per heavy atom. The molecule has 0 heterocycles. The summed E-state index contributed by atoms with van der Waals surface area (Å²) >= 11 is 0. The van der Waals surface area contributed by atoms with Gasteiger partial charge in [0.1, 0.15) is 0 Å². The summed E-state index contributed by atoms with van der Waals surface area (Å²) in [7, 11) is 9.14. The predicted molar refractivity (Wildman–Crippen MR) is 176 cm³/mol. The van der Waals surface area contributed by atoms with Crippen LogP contribution in [0.25, 0.3) is 22.3 Å². The summed E-state index contributed by atoms with van der Waals surface area (Å²) in [5.74, 6) is 6.55. The number of ether oxygens (including phenoxy) is 6. The Morgan fingerprint density at radius 3 is 1.70 bits per heavy atom. The first-order valence-electron chi connectivity index (χ1n) is 14.1. The molecule has 0 saturated carbocycles. The van der Waals surface area contributed by atoms with E-state index in [1.165, 1.54) is 41.6 Å². The number of hydrogen-bond acceptors (Lipinski definition) is 9. The molecule has 3 N–H and O–H groups in total. The molecule has 0 unspecified atom stereocenters. The molecule has 0 spiro atoms. The second-order valence-electron chi connectivity index (χ2n) is 9.56. The molecule has 11 nitrogen and oxygen atoms in total. The highest BCUT2D eigenvalue weighted by Crippen LogP contribution is 2.44. The molecule has 246 valence electrons. The smallest absolute Gasteiger partial charge is 0.335 e. The number of carboxylic acid groups (broad SMARTS) is 2. The van der Waals surface area contributed by atoms with Gasteiger partial charge >= 0.3 is 11.9 Å². The third-order valence-corrected chi connectivity index (χ3v) is 6.77. The van der Waals surface area contributed by atoms with Gasteiger partial charge in [-0.1, -0.05) is 24.0 Å². The summed E-state index contributed by atoms with van der Waals surface area (Å²) in [6.45, 7) is -0.0502. The molecule has 0 radical (unpaired) electrons. The molecule has 11 heteroatoms. The van der Waals surface area contributed by atoms with E-state index in [1.807, 2.05) is 6.07 Å². The molecule has 0 fully saturated rings. The van der Waals surface area contributed by atoms with E-state index in [0.29, 0.717) is 57.6 Å². The van der Waals surface area contributed by atoms with Crippen LogP contribution in [-0.4, -0.2) is 76.5 Å². The minimum atomic E-state index is -1.05. The Kier molecular flexibility index (Phi) is 12.9. The van der Waals surface area contributed by atoms with Crippen molar-refractivity contribution in [3.63, 3.8) is 0 Å². The van der Waals surface area contributed by atoms with E-state index in [4.69, 9.17) is 38.6 Å². The van der Waals surface area contributed by atoms with Crippen LogP contribution in [0, 0.1) is 11.8 Å². The van der Waals surface area contributed by atoms with E-state index in [2.05, 4.69) is 11.8 Å². The first kappa shape index (κ1) is 35.6. The zero-order chi connectivity index (χ0) is 34.5. The van der Waals surface area contributed by atoms with Gasteiger partial charge < -0.3 is 43.7 Å². The molecule has 0 aliphatic heterocycles. The van der Waals surface area contributed by atoms with Gasteiger partial charge in [0.15, 0.2) is 23.0 Å². The largest absolute Gasteiger partial charge is 0.493 e. The Balaban J connectivity index is 0.000000261. The van der Waals surface area contributed by atoms with Crippen molar-refractivity contribution in [2.24, 2.45) is 0 Å². The summed E-state index contributed by atoms with van der Waals surface area (Å²) in [4.78, 5) is 22.5. The third-order valence-electron chi connectivity index (χ3n) is 6.77. The van der Waals surface area contributed by atoms with Crippen LogP contribution in [0.1, 0.15) is 32.7 Å². The fourth-order valence-corrected chi connectivity index (χ4v) is 4.61. The standard InChI is InChI=1S/C20H20O6.C16H16O5/c1-24-17-11-15(12-18(25-2)19(17)26-3)14-8-13(6-4-5-7-21)9-16(10-14)20(22)23;1-19-13-8-7-12(14(20-2)15(13)21-3)10-5-4-6-11(9-10)16(17)18/h8-12,21H,5,7H2,1-3H3,(H,22,23);4-9H,1-3H3,(H,17,18). The minimum absolute atomic E-state index is 0.0502. The Morgan fingerprint density at radius 2 is 1.17 bits per heavy atom. The molecule has 4 aromatic carbocycles. The van der Waals surface area contributed by atoms with Crippen molar-refractivity contribution < 1.29 is 53.3 Å². The molecule has 47 heavy (non-hydrogen) atoms. The number of aliphatic hydroxyl groups excluding tert-OH is 1. The van der Waals surface area contributed by atoms with E-state index in [1.54, 1.807) is 61.7 Å². The minimum Gasteiger partial charge on any atom is -0.493 e. The van der Waals surface area contributed by atoms with Crippen molar-refractivity contribution in [3.8, 4) is 68.6 Å². The molecule has 0 aliphatic carbocycles. The van der Waals surface area contributed by atoms with Crippen molar-refractivity contribution in [1.29, 1.82) is 0 Å². The van der Waals surface area contributed by atoms with E-state index in [-0.39, 0.29) is 17.7 Å². The molecule has 0 aliphatic rings. The molecule has 0 bridgehead atoms. The molecule has 0 aromatic heterocycles. The number of rotatable bonds is 11. The van der Waals surface area contributed by atoms with Crippen LogP contribution in [-0.2, 0) is 0 Å². The Hall–Kier alpha value is -5.86. The van der Waals surface area contributed by atoms with Crippen LogP contribution in [0.3, 0.4) is 0 Å². The fraction of sp³-hybridized carbons (Fsp3) is 0.222. The average molecular weight is 645 g/mol. The quantitative estimate of drug-likeness (QED) is 0.168. The van der Waals surface area contributed by atoms with Crippen molar-refractivity contribution in [1.82, 2.24) is 0 Å². The lowest BCUT2D eigenvalue weighted by atomic mass is 9.99. The van der Waals surface area contributed by atoms with Crippen LogP contribution >= 0.6 is 0 Å². The molecule has 0 amide bonds. The summed E-state index contributed by atoms with van der Waals surface area (Å²) in [5, 5.41) is 27.3. The van der Waals surface area contributed by atoms with E-state index in [0.717, 1.165) is 11.1 Å². The van der Waals surface area contributed by atoms with Gasteiger partial charge in [0, 0.05) is 17.5 Å². The van der Waals surface area contributed by atoms with Gasteiger partial charge in [-0.05, 0) is 71.3 Å². The monoisotopic (exact) mass is 644 g/mol. The third kappa shape index (κ3) is 8.65. The van der Waals surface area contributed by atoms with E-state index < -0.39 is 11.9 Å². The number of hydrogen-bond donors (Lipinski definition) is 3. The maximum Gasteiger partial charge on any atom is 0.335 e. The number of benzene rings is 4. The Labute approximate surface area is 272 Å². The van der Waals surface area contributed by atoms with Gasteiger partial charge in [-0.15, -0.1) is 0 Å². The lowest BCUT2D eigenvalue weighted by molar-refractivity contribution is 0.0686. The molecule has 4 aromatic rings. The SMILES string of the molecule is COc1cc(-c2cc(C#CCCO)cc(C(=O)O)c2)cc(OC)c1OC.COc1ccc(-c2cccc(C(=O)O)c2)c(OC)c1OC. The van der Waals surface area contributed by atoms with Crippen molar-refractivity contribution in [2.75, 3.05) is 49.3 Å². The van der Waals surface area contributed by atoms with Crippen molar-refractivity contribution >= 4 is 11.9 Å². The highest BCUT2D eigenvalue weighted by Gasteiger charge is 2.18. The highest BCUT2D eigenvalue weighted by molar-refractivity contribution is 5.91. The van der Waals surface area contributed by atoms with Gasteiger partial charge in [-0.2, -0.15) is 0 Å². The fourth-order valence-electron chi connectivity index (χ4n) is 4.61. The summed E-state index contributed by atoms with van der Waals surface area (Å²) in [6, 6.07) is 18.5. The number of carboxylic acids is 2. The molecular formula is C36H36O11. The van der Waals surface area contributed by atoms with Crippen molar-refractivity contribution in [2.45, 2.75) is 6.42 Å². The van der Waals surface area contributed by atoms with E-state index in [9.17, 15) is 14.7 Å². The number of carbonyl (C=O) groups is 2. The first-order valence-corrected chi connectivity index (χ1v) is 14.1. The lowest BCUT2D eigenvalue weighted by Gasteiger charge is -2.16. The highest BCUT2D eigenvalue weighted by atomic mass is 16.5. The predicted octanol–water partition coefficient (Wildman–Crippen LogP) is 5.89. The number of methoxy groups -OCH3 is 6. The van der Waals surface area contributed by atoms with Gasteiger partial charge in [0.05, 0.1) is 60.4 Å². The van der Waals surface area contributed by atoms with Gasteiger partial charge in [0.2, 0.25) is 11.5 Å². The zero-order valence-corrected chi connectivity index (χ0v) is 26.9. The maximum absolute atomic E-state index is 11.5. The summed E-state index contributed by atoms with van der Waals surface area (Å²) < 4.78 is 32.0. The van der Waals surface area contributed by atoms with Crippen LogP contribution in [0.2, 0.25) is 0 Å². The second kappa shape index (κ2) is 17.0. The normalized spacial score (nSPS) is 9.94.